The van der Waals surface area contributed by atoms with E-state index in [4.69, 9.17) is 4.74 Å². The summed E-state index contributed by atoms with van der Waals surface area (Å²) in [6.45, 7) is -0.0416. The van der Waals surface area contributed by atoms with Gasteiger partial charge in [0.15, 0.2) is 23.2 Å². The summed E-state index contributed by atoms with van der Waals surface area (Å²) in [5.74, 6) is -2.39. The van der Waals surface area contributed by atoms with Gasteiger partial charge in [-0.15, -0.1) is 12.6 Å². The quantitative estimate of drug-likeness (QED) is 0.830. The van der Waals surface area contributed by atoms with Crippen LogP contribution in [0.4, 0.5) is 13.2 Å². The second kappa shape index (κ2) is 5.35. The van der Waals surface area contributed by atoms with Gasteiger partial charge in [-0.25, -0.2) is 13.2 Å². The van der Waals surface area contributed by atoms with E-state index in [0.29, 0.717) is 10.5 Å². The molecule has 0 amide bonds. The van der Waals surface area contributed by atoms with Crippen molar-refractivity contribution in [3.63, 3.8) is 0 Å². The molecule has 2 aromatic rings. The number of ether oxygens (including phenoxy) is 1. The Kier molecular flexibility index (Phi) is 3.81. The number of benzene rings is 2. The Balaban J connectivity index is 2.09. The lowest BCUT2D eigenvalue weighted by Crippen LogP contribution is -1.98. The third-order valence-electron chi connectivity index (χ3n) is 2.29. The fourth-order valence-corrected chi connectivity index (χ4v) is 1.59. The largest absolute Gasteiger partial charge is 0.486 e. The van der Waals surface area contributed by atoms with Gasteiger partial charge in [-0.3, -0.25) is 0 Å². The summed E-state index contributed by atoms with van der Waals surface area (Å²) >= 11 is 3.98. The highest BCUT2D eigenvalue weighted by molar-refractivity contribution is 7.80. The van der Waals surface area contributed by atoms with Gasteiger partial charge in [-0.2, -0.15) is 0 Å². The zero-order chi connectivity index (χ0) is 13.1. The molecule has 0 atom stereocenters. The van der Waals surface area contributed by atoms with Crippen LogP contribution in [-0.2, 0) is 6.61 Å². The molecule has 0 unspecified atom stereocenters. The van der Waals surface area contributed by atoms with E-state index in [0.717, 1.165) is 12.1 Å². The van der Waals surface area contributed by atoms with Crippen molar-refractivity contribution < 1.29 is 17.9 Å². The van der Waals surface area contributed by atoms with Crippen LogP contribution in [0.2, 0.25) is 0 Å². The van der Waals surface area contributed by atoms with Crippen molar-refractivity contribution in [2.45, 2.75) is 11.5 Å². The molecule has 0 aromatic heterocycles. The third-order valence-corrected chi connectivity index (χ3v) is 2.57. The second-order valence-electron chi connectivity index (χ2n) is 3.65. The first kappa shape index (κ1) is 12.8. The predicted octanol–water partition coefficient (Wildman–Crippen LogP) is 3.97. The van der Waals surface area contributed by atoms with E-state index in [1.54, 1.807) is 6.07 Å². The summed E-state index contributed by atoms with van der Waals surface area (Å²) in [5, 5.41) is 0. The maximum Gasteiger partial charge on any atom is 0.166 e. The summed E-state index contributed by atoms with van der Waals surface area (Å²) in [6.07, 6.45) is 0. The van der Waals surface area contributed by atoms with E-state index in [9.17, 15) is 13.2 Å². The van der Waals surface area contributed by atoms with E-state index >= 15 is 0 Å². The normalized spacial score (nSPS) is 10.4. The van der Waals surface area contributed by atoms with Crippen LogP contribution in [0.1, 0.15) is 5.56 Å². The molecule has 0 aliphatic rings. The number of rotatable bonds is 3. The lowest BCUT2D eigenvalue weighted by molar-refractivity contribution is 0.289. The molecule has 0 bridgehead atoms. The first-order chi connectivity index (χ1) is 8.56. The van der Waals surface area contributed by atoms with Gasteiger partial charge in [-0.05, 0) is 35.9 Å². The highest BCUT2D eigenvalue weighted by Crippen LogP contribution is 2.21. The van der Waals surface area contributed by atoms with E-state index < -0.39 is 17.5 Å². The Morgan fingerprint density at radius 3 is 2.33 bits per heavy atom. The summed E-state index contributed by atoms with van der Waals surface area (Å²) in [6, 6.07) is 7.61. The molecule has 0 radical (unpaired) electrons. The SMILES string of the molecule is Fc1ccc(COc2ccc(S)cc2F)cc1F. The molecule has 5 heteroatoms. The van der Waals surface area contributed by atoms with Crippen molar-refractivity contribution in [2.75, 3.05) is 0 Å². The van der Waals surface area contributed by atoms with Crippen LogP contribution in [0.25, 0.3) is 0 Å². The molecule has 2 aromatic carbocycles. The van der Waals surface area contributed by atoms with Crippen LogP contribution in [-0.4, -0.2) is 0 Å². The first-order valence-corrected chi connectivity index (χ1v) is 5.56. The minimum Gasteiger partial charge on any atom is -0.486 e. The molecule has 0 saturated carbocycles. The topological polar surface area (TPSA) is 9.23 Å². The Bertz CT molecular complexity index is 572. The van der Waals surface area contributed by atoms with Crippen molar-refractivity contribution in [2.24, 2.45) is 0 Å². The molecular weight excluding hydrogens is 261 g/mol. The monoisotopic (exact) mass is 270 g/mol. The molecule has 0 N–H and O–H groups in total. The van der Waals surface area contributed by atoms with Gasteiger partial charge in [-0.1, -0.05) is 6.07 Å². The number of hydrogen-bond donors (Lipinski definition) is 1. The molecule has 1 nitrogen and oxygen atoms in total. The average Bonchev–Trinajstić information content (AvgIpc) is 2.32. The molecule has 0 aliphatic heterocycles. The van der Waals surface area contributed by atoms with Crippen molar-refractivity contribution in [1.29, 1.82) is 0 Å². The van der Waals surface area contributed by atoms with Crippen LogP contribution < -0.4 is 4.74 Å². The van der Waals surface area contributed by atoms with Crippen molar-refractivity contribution in [3.05, 3.63) is 59.4 Å². The zero-order valence-corrected chi connectivity index (χ0v) is 10.1. The minimum absolute atomic E-state index is 0.0394. The molecule has 94 valence electrons. The standard InChI is InChI=1S/C13H9F3OS/c14-10-3-1-8(5-11(10)15)7-17-13-4-2-9(18)6-12(13)16/h1-6,18H,7H2. The van der Waals surface area contributed by atoms with Gasteiger partial charge >= 0.3 is 0 Å². The molecule has 0 heterocycles. The first-order valence-electron chi connectivity index (χ1n) is 5.11. The van der Waals surface area contributed by atoms with E-state index in [-0.39, 0.29) is 12.4 Å². The lowest BCUT2D eigenvalue weighted by atomic mass is 10.2. The number of halogens is 3. The highest BCUT2D eigenvalue weighted by atomic mass is 32.1. The number of hydrogen-bond acceptors (Lipinski definition) is 2. The van der Waals surface area contributed by atoms with Crippen molar-refractivity contribution in [1.82, 2.24) is 0 Å². The predicted molar refractivity (Wildman–Crippen MR) is 64.3 cm³/mol. The zero-order valence-electron chi connectivity index (χ0n) is 9.16. The summed E-state index contributed by atoms with van der Waals surface area (Å²) in [5.41, 5.74) is 0.420. The van der Waals surface area contributed by atoms with Gasteiger partial charge < -0.3 is 4.74 Å². The molecule has 0 aliphatic carbocycles. The number of thiol groups is 1. The van der Waals surface area contributed by atoms with E-state index in [1.165, 1.54) is 18.2 Å². The van der Waals surface area contributed by atoms with Crippen LogP contribution in [0, 0.1) is 17.5 Å². The maximum atomic E-state index is 13.4. The molecule has 0 fully saturated rings. The van der Waals surface area contributed by atoms with Gasteiger partial charge in [0.2, 0.25) is 0 Å². The van der Waals surface area contributed by atoms with E-state index in [1.807, 2.05) is 0 Å². The van der Waals surface area contributed by atoms with Gasteiger partial charge in [0.25, 0.3) is 0 Å². The maximum absolute atomic E-state index is 13.4. The van der Waals surface area contributed by atoms with E-state index in [2.05, 4.69) is 12.6 Å². The Morgan fingerprint density at radius 2 is 1.67 bits per heavy atom. The minimum atomic E-state index is -0.956. The van der Waals surface area contributed by atoms with Crippen LogP contribution >= 0.6 is 12.6 Å². The molecular formula is C13H9F3OS. The van der Waals surface area contributed by atoms with Crippen molar-refractivity contribution >= 4 is 12.6 Å². The highest BCUT2D eigenvalue weighted by Gasteiger charge is 2.06. The summed E-state index contributed by atoms with van der Waals surface area (Å²) in [7, 11) is 0. The molecule has 0 saturated heterocycles. The van der Waals surface area contributed by atoms with Crippen LogP contribution in [0.5, 0.6) is 5.75 Å². The van der Waals surface area contributed by atoms with Crippen LogP contribution in [0.15, 0.2) is 41.3 Å². The molecule has 0 spiro atoms. The smallest absolute Gasteiger partial charge is 0.166 e. The molecule has 2 rings (SSSR count). The van der Waals surface area contributed by atoms with Crippen LogP contribution in [0.3, 0.4) is 0 Å². The van der Waals surface area contributed by atoms with Gasteiger partial charge in [0.1, 0.15) is 6.61 Å². The summed E-state index contributed by atoms with van der Waals surface area (Å²) in [4.78, 5) is 0.479. The lowest BCUT2D eigenvalue weighted by Gasteiger charge is -2.08. The van der Waals surface area contributed by atoms with Crippen molar-refractivity contribution in [3.8, 4) is 5.75 Å². The molecule has 18 heavy (non-hydrogen) atoms. The third kappa shape index (κ3) is 2.98. The summed E-state index contributed by atoms with van der Waals surface area (Å²) < 4.78 is 44.2. The fourth-order valence-electron chi connectivity index (χ4n) is 1.40. The second-order valence-corrected chi connectivity index (χ2v) is 4.17. The Hall–Kier alpha value is -1.62. The van der Waals surface area contributed by atoms with Gasteiger partial charge in [0, 0.05) is 4.90 Å². The van der Waals surface area contributed by atoms with Gasteiger partial charge in [0.05, 0.1) is 0 Å². The fraction of sp³-hybridized carbons (Fsp3) is 0.0769. The Morgan fingerprint density at radius 1 is 0.889 bits per heavy atom. The Labute approximate surface area is 108 Å². The average molecular weight is 270 g/mol.